The molecule has 1 aromatic carbocycles. The monoisotopic (exact) mass is 376 g/mol. The van der Waals surface area contributed by atoms with E-state index < -0.39 is 29.5 Å². The fourth-order valence-corrected chi connectivity index (χ4v) is 2.30. The lowest BCUT2D eigenvalue weighted by molar-refractivity contribution is -0.137. The Bertz CT molecular complexity index is 886. The second-order valence-electron chi connectivity index (χ2n) is 5.78. The van der Waals surface area contributed by atoms with Gasteiger partial charge in [0.1, 0.15) is 5.75 Å². The van der Waals surface area contributed by atoms with Crippen molar-refractivity contribution in [1.29, 1.82) is 5.26 Å². The predicted molar refractivity (Wildman–Crippen MR) is 89.1 cm³/mol. The van der Waals surface area contributed by atoms with Crippen molar-refractivity contribution in [3.63, 3.8) is 0 Å². The maximum atomic E-state index is 12.6. The maximum Gasteiger partial charge on any atom is 0.417 e. The second kappa shape index (κ2) is 7.99. The van der Waals surface area contributed by atoms with Gasteiger partial charge in [0.15, 0.2) is 23.6 Å². The zero-order valence-electron chi connectivity index (χ0n) is 14.4. The first kappa shape index (κ1) is 20.1. The molecule has 8 heteroatoms. The number of Topliss-reactive ketones (excluding diaryl/α,β-unsaturated/α-hetero) is 2. The molecule has 0 amide bonds. The zero-order valence-corrected chi connectivity index (χ0v) is 14.4. The molecule has 0 bridgehead atoms. The highest BCUT2D eigenvalue weighted by molar-refractivity contribution is 5.94. The van der Waals surface area contributed by atoms with Gasteiger partial charge in [-0.15, -0.1) is 0 Å². The van der Waals surface area contributed by atoms with Crippen LogP contribution in [0.3, 0.4) is 0 Å². The lowest BCUT2D eigenvalue weighted by Gasteiger charge is -2.17. The summed E-state index contributed by atoms with van der Waals surface area (Å²) in [5.74, 6) is -1.94. The summed E-state index contributed by atoms with van der Waals surface area (Å²) < 4.78 is 43.3. The minimum Gasteiger partial charge on any atom is -0.483 e. The number of pyridine rings is 1. The van der Waals surface area contributed by atoms with Crippen molar-refractivity contribution in [2.75, 3.05) is 0 Å². The number of aromatic nitrogens is 1. The number of halogens is 3. The Balaban J connectivity index is 2.17. The summed E-state index contributed by atoms with van der Waals surface area (Å²) in [5.41, 5.74) is -0.669. The van der Waals surface area contributed by atoms with E-state index in [1.807, 2.05) is 0 Å². The van der Waals surface area contributed by atoms with Gasteiger partial charge in [-0.05, 0) is 38.1 Å². The first-order valence-corrected chi connectivity index (χ1v) is 7.87. The molecule has 5 nitrogen and oxygen atoms in total. The number of ether oxygens (including phenoxy) is 1. The SMILES string of the molecule is CC(=O)c1cccc(OC(C)C(=O)C(C#N)c2ccc(C(F)(F)F)cn2)c1. The lowest BCUT2D eigenvalue weighted by Crippen LogP contribution is -2.29. The molecule has 1 heterocycles. The van der Waals surface area contributed by atoms with Crippen molar-refractivity contribution in [3.05, 3.63) is 59.4 Å². The molecule has 0 aliphatic heterocycles. The topological polar surface area (TPSA) is 80.0 Å². The molecular weight excluding hydrogens is 361 g/mol. The van der Waals surface area contributed by atoms with Crippen LogP contribution in [0.2, 0.25) is 0 Å². The van der Waals surface area contributed by atoms with E-state index in [0.29, 0.717) is 11.8 Å². The Labute approximate surface area is 153 Å². The quantitative estimate of drug-likeness (QED) is 0.713. The summed E-state index contributed by atoms with van der Waals surface area (Å²) in [6, 6.07) is 9.70. The summed E-state index contributed by atoms with van der Waals surface area (Å²) in [4.78, 5) is 27.5. The number of carbonyl (C=O) groups excluding carboxylic acids is 2. The van der Waals surface area contributed by atoms with Crippen LogP contribution < -0.4 is 4.74 Å². The highest BCUT2D eigenvalue weighted by Gasteiger charge is 2.32. The summed E-state index contributed by atoms with van der Waals surface area (Å²) in [6.07, 6.45) is -5.05. The molecule has 2 unspecified atom stereocenters. The molecule has 0 spiro atoms. The van der Waals surface area contributed by atoms with Crippen LogP contribution in [0, 0.1) is 11.3 Å². The largest absolute Gasteiger partial charge is 0.483 e. The van der Waals surface area contributed by atoms with Crippen molar-refractivity contribution in [2.24, 2.45) is 0 Å². The number of benzene rings is 1. The van der Waals surface area contributed by atoms with Crippen LogP contribution in [0.15, 0.2) is 42.6 Å². The Hall–Kier alpha value is -3.21. The second-order valence-corrected chi connectivity index (χ2v) is 5.78. The van der Waals surface area contributed by atoms with Crippen molar-refractivity contribution >= 4 is 11.6 Å². The van der Waals surface area contributed by atoms with E-state index >= 15 is 0 Å². The van der Waals surface area contributed by atoms with Crippen LogP contribution >= 0.6 is 0 Å². The van der Waals surface area contributed by atoms with Crippen molar-refractivity contribution in [1.82, 2.24) is 4.98 Å². The molecule has 2 aromatic rings. The first-order chi connectivity index (χ1) is 12.6. The Kier molecular flexibility index (Phi) is 5.95. The number of ketones is 2. The van der Waals surface area contributed by atoms with Gasteiger partial charge in [-0.1, -0.05) is 12.1 Å². The standard InChI is InChI=1S/C19H15F3N2O3/c1-11(25)13-4-3-5-15(8-13)27-12(2)18(26)16(9-23)17-7-6-14(10-24-17)19(20,21)22/h3-8,10,12,16H,1-2H3. The summed E-state index contributed by atoms with van der Waals surface area (Å²) in [5, 5.41) is 9.28. The normalized spacial score (nSPS) is 13.3. The summed E-state index contributed by atoms with van der Waals surface area (Å²) in [6.45, 7) is 2.80. The average Bonchev–Trinajstić information content (AvgIpc) is 2.62. The lowest BCUT2D eigenvalue weighted by atomic mass is 9.97. The van der Waals surface area contributed by atoms with Gasteiger partial charge in [0, 0.05) is 11.8 Å². The zero-order chi connectivity index (χ0) is 20.2. The van der Waals surface area contributed by atoms with Crippen molar-refractivity contribution < 1.29 is 27.5 Å². The number of hydrogen-bond donors (Lipinski definition) is 0. The summed E-state index contributed by atoms with van der Waals surface area (Å²) in [7, 11) is 0. The third kappa shape index (κ3) is 4.91. The van der Waals surface area contributed by atoms with Crippen LogP contribution in [0.5, 0.6) is 5.75 Å². The minimum absolute atomic E-state index is 0.0940. The molecule has 0 saturated carbocycles. The fraction of sp³-hybridized carbons (Fsp3) is 0.263. The highest BCUT2D eigenvalue weighted by atomic mass is 19.4. The third-order valence-electron chi connectivity index (χ3n) is 3.78. The molecule has 2 atom stereocenters. The van der Waals surface area contributed by atoms with Gasteiger partial charge in [-0.25, -0.2) is 0 Å². The Morgan fingerprint density at radius 1 is 1.22 bits per heavy atom. The Morgan fingerprint density at radius 2 is 1.93 bits per heavy atom. The molecule has 140 valence electrons. The minimum atomic E-state index is -4.56. The van der Waals surface area contributed by atoms with Crippen molar-refractivity contribution in [3.8, 4) is 11.8 Å². The van der Waals surface area contributed by atoms with Gasteiger partial charge < -0.3 is 4.74 Å². The molecule has 27 heavy (non-hydrogen) atoms. The molecule has 0 aliphatic carbocycles. The number of nitriles is 1. The van der Waals surface area contributed by atoms with E-state index in [4.69, 9.17) is 4.74 Å². The Morgan fingerprint density at radius 3 is 2.44 bits per heavy atom. The molecule has 0 saturated heterocycles. The summed E-state index contributed by atoms with van der Waals surface area (Å²) >= 11 is 0. The van der Waals surface area contributed by atoms with Gasteiger partial charge >= 0.3 is 6.18 Å². The number of hydrogen-bond acceptors (Lipinski definition) is 5. The van der Waals surface area contributed by atoms with Gasteiger partial charge in [0.05, 0.1) is 17.3 Å². The molecule has 1 aromatic heterocycles. The van der Waals surface area contributed by atoms with Gasteiger partial charge in [0.25, 0.3) is 0 Å². The van der Waals surface area contributed by atoms with Crippen LogP contribution in [-0.2, 0) is 11.0 Å². The van der Waals surface area contributed by atoms with E-state index in [0.717, 1.165) is 12.1 Å². The first-order valence-electron chi connectivity index (χ1n) is 7.87. The molecular formula is C19H15F3N2O3. The van der Waals surface area contributed by atoms with Crippen LogP contribution in [0.25, 0.3) is 0 Å². The number of carbonyl (C=O) groups is 2. The van der Waals surface area contributed by atoms with Crippen molar-refractivity contribution in [2.45, 2.75) is 32.0 Å². The van der Waals surface area contributed by atoms with Crippen LogP contribution in [0.1, 0.15) is 41.4 Å². The molecule has 0 radical (unpaired) electrons. The van der Waals surface area contributed by atoms with E-state index in [9.17, 15) is 28.0 Å². The smallest absolute Gasteiger partial charge is 0.417 e. The number of nitrogens with zero attached hydrogens (tertiary/aromatic N) is 2. The maximum absolute atomic E-state index is 12.6. The van der Waals surface area contributed by atoms with E-state index in [2.05, 4.69) is 4.98 Å². The van der Waals surface area contributed by atoms with E-state index in [1.54, 1.807) is 24.3 Å². The number of alkyl halides is 3. The molecule has 2 rings (SSSR count). The predicted octanol–water partition coefficient (Wildman–Crippen LogP) is 3.95. The van der Waals surface area contributed by atoms with Crippen LogP contribution in [-0.4, -0.2) is 22.7 Å². The van der Waals surface area contributed by atoms with E-state index in [1.165, 1.54) is 19.9 Å². The van der Waals surface area contributed by atoms with E-state index in [-0.39, 0.29) is 17.2 Å². The molecule has 0 aliphatic rings. The third-order valence-corrected chi connectivity index (χ3v) is 3.78. The number of rotatable bonds is 6. The highest BCUT2D eigenvalue weighted by Crippen LogP contribution is 2.29. The average molecular weight is 376 g/mol. The molecule has 0 fully saturated rings. The fourth-order valence-electron chi connectivity index (χ4n) is 2.30. The van der Waals surface area contributed by atoms with Crippen LogP contribution in [0.4, 0.5) is 13.2 Å². The van der Waals surface area contributed by atoms with Gasteiger partial charge in [-0.2, -0.15) is 18.4 Å². The van der Waals surface area contributed by atoms with Gasteiger partial charge in [0.2, 0.25) is 0 Å². The molecule has 0 N–H and O–H groups in total. The van der Waals surface area contributed by atoms with Gasteiger partial charge in [-0.3, -0.25) is 14.6 Å².